The van der Waals surface area contributed by atoms with Crippen molar-refractivity contribution in [2.45, 2.75) is 36.4 Å². The lowest BCUT2D eigenvalue weighted by Crippen LogP contribution is -2.62. The quantitative estimate of drug-likeness (QED) is 0.503. The number of rotatable bonds is 1. The lowest BCUT2D eigenvalue weighted by atomic mass is 9.82. The normalized spacial score (nSPS) is 39.5. The van der Waals surface area contributed by atoms with Crippen molar-refractivity contribution in [1.29, 1.82) is 0 Å². The van der Waals surface area contributed by atoms with Crippen LogP contribution in [0, 0.1) is 0 Å². The molecule has 21 heavy (non-hydrogen) atoms. The number of aliphatic hydroxyl groups is 3. The number of phenols is 1. The molecular formula is C14H16O7. The number of hydrogen-bond donors (Lipinski definition) is 4. The Bertz CT molecular complexity index is 543. The van der Waals surface area contributed by atoms with Crippen LogP contribution in [0.2, 0.25) is 0 Å². The maximum atomic E-state index is 11.7. The van der Waals surface area contributed by atoms with E-state index in [0.717, 1.165) is 0 Å². The fourth-order valence-corrected chi connectivity index (χ4v) is 2.90. The predicted molar refractivity (Wildman–Crippen MR) is 68.3 cm³/mol. The molecule has 2 heterocycles. The molecule has 0 aromatic heterocycles. The van der Waals surface area contributed by atoms with Crippen molar-refractivity contribution in [3.8, 4) is 5.75 Å². The van der Waals surface area contributed by atoms with Crippen molar-refractivity contribution in [1.82, 2.24) is 0 Å². The van der Waals surface area contributed by atoms with Crippen molar-refractivity contribution in [2.75, 3.05) is 6.61 Å². The third-order valence-corrected chi connectivity index (χ3v) is 4.03. The molecule has 114 valence electrons. The van der Waals surface area contributed by atoms with Crippen LogP contribution in [0.4, 0.5) is 0 Å². The number of aliphatic hydroxyl groups excluding tert-OH is 3. The SMILES string of the molecule is O=C1C[C@@H](c2ccc(O)cc2)[C@]2(OC[C@H](O)[C@@H](O)[C@H]2O)O1. The Hall–Kier alpha value is -1.67. The zero-order valence-electron chi connectivity index (χ0n) is 11.0. The fraction of sp³-hybridized carbons (Fsp3) is 0.500. The Labute approximate surface area is 120 Å². The first-order valence-corrected chi connectivity index (χ1v) is 6.63. The molecule has 3 rings (SSSR count). The molecular weight excluding hydrogens is 280 g/mol. The van der Waals surface area contributed by atoms with Gasteiger partial charge in [-0.05, 0) is 17.7 Å². The van der Waals surface area contributed by atoms with Crippen molar-refractivity contribution in [2.24, 2.45) is 0 Å². The van der Waals surface area contributed by atoms with E-state index in [1.165, 1.54) is 12.1 Å². The number of carbonyl (C=O) groups excluding carboxylic acids is 1. The second-order valence-electron chi connectivity index (χ2n) is 5.36. The third kappa shape index (κ3) is 2.18. The predicted octanol–water partition coefficient (Wildman–Crippen LogP) is -0.768. The molecule has 1 aromatic carbocycles. The van der Waals surface area contributed by atoms with Crippen LogP contribution in [0.3, 0.4) is 0 Å². The standard InChI is InChI=1S/C14H16O7/c15-8-3-1-7(2-4-8)9-5-11(17)21-14(9)13(19)12(18)10(16)6-20-14/h1-4,9-10,12-13,15-16,18-19H,5-6H2/t9-,10-,12+,13+,14-/m0/s1. The monoisotopic (exact) mass is 296 g/mol. The van der Waals surface area contributed by atoms with Gasteiger partial charge in [-0.1, -0.05) is 12.1 Å². The molecule has 0 amide bonds. The zero-order chi connectivity index (χ0) is 15.2. The second kappa shape index (κ2) is 4.96. The summed E-state index contributed by atoms with van der Waals surface area (Å²) in [5, 5.41) is 39.0. The van der Waals surface area contributed by atoms with E-state index in [2.05, 4.69) is 0 Å². The minimum Gasteiger partial charge on any atom is -0.508 e. The van der Waals surface area contributed by atoms with Gasteiger partial charge in [0.05, 0.1) is 18.9 Å². The summed E-state index contributed by atoms with van der Waals surface area (Å²) < 4.78 is 10.6. The average molecular weight is 296 g/mol. The lowest BCUT2D eigenvalue weighted by molar-refractivity contribution is -0.320. The molecule has 0 unspecified atom stereocenters. The first-order valence-electron chi connectivity index (χ1n) is 6.63. The summed E-state index contributed by atoms with van der Waals surface area (Å²) in [6, 6.07) is 6.09. The van der Waals surface area contributed by atoms with Crippen LogP contribution in [0.15, 0.2) is 24.3 Å². The van der Waals surface area contributed by atoms with Crippen LogP contribution in [-0.4, -0.2) is 57.1 Å². The fourth-order valence-electron chi connectivity index (χ4n) is 2.90. The molecule has 7 nitrogen and oxygen atoms in total. The van der Waals surface area contributed by atoms with Gasteiger partial charge in [0.15, 0.2) is 0 Å². The molecule has 2 aliphatic heterocycles. The number of benzene rings is 1. The first kappa shape index (κ1) is 14.3. The van der Waals surface area contributed by atoms with E-state index in [0.29, 0.717) is 5.56 Å². The van der Waals surface area contributed by atoms with Crippen molar-refractivity contribution >= 4 is 5.97 Å². The van der Waals surface area contributed by atoms with Gasteiger partial charge < -0.3 is 29.9 Å². The molecule has 0 saturated carbocycles. The molecule has 0 radical (unpaired) electrons. The molecule has 0 bridgehead atoms. The summed E-state index contributed by atoms with van der Waals surface area (Å²) >= 11 is 0. The molecule has 2 aliphatic rings. The smallest absolute Gasteiger partial charge is 0.309 e. The highest BCUT2D eigenvalue weighted by Gasteiger charge is 2.61. The Morgan fingerprint density at radius 1 is 1.14 bits per heavy atom. The van der Waals surface area contributed by atoms with Crippen molar-refractivity contribution in [3.63, 3.8) is 0 Å². The minimum absolute atomic E-state index is 0.0232. The number of esters is 1. The summed E-state index contributed by atoms with van der Waals surface area (Å²) in [7, 11) is 0. The molecule has 1 aromatic rings. The van der Waals surface area contributed by atoms with Crippen LogP contribution in [0.1, 0.15) is 17.9 Å². The van der Waals surface area contributed by atoms with Crippen molar-refractivity contribution in [3.05, 3.63) is 29.8 Å². The van der Waals surface area contributed by atoms with Gasteiger partial charge in [0.25, 0.3) is 0 Å². The molecule has 1 spiro atoms. The van der Waals surface area contributed by atoms with E-state index in [9.17, 15) is 25.2 Å². The van der Waals surface area contributed by atoms with Gasteiger partial charge in [-0.3, -0.25) is 4.79 Å². The van der Waals surface area contributed by atoms with Crippen LogP contribution in [0.25, 0.3) is 0 Å². The van der Waals surface area contributed by atoms with Gasteiger partial charge in [-0.25, -0.2) is 0 Å². The van der Waals surface area contributed by atoms with Gasteiger partial charge in [0, 0.05) is 0 Å². The number of ether oxygens (including phenoxy) is 2. The largest absolute Gasteiger partial charge is 0.508 e. The number of hydrogen-bond acceptors (Lipinski definition) is 7. The van der Waals surface area contributed by atoms with Crippen LogP contribution in [0.5, 0.6) is 5.75 Å². The summed E-state index contributed by atoms with van der Waals surface area (Å²) in [5.74, 6) is -2.84. The topological polar surface area (TPSA) is 116 Å². The maximum Gasteiger partial charge on any atom is 0.309 e. The highest BCUT2D eigenvalue weighted by molar-refractivity contribution is 5.74. The Morgan fingerprint density at radius 3 is 2.48 bits per heavy atom. The number of phenolic OH excluding ortho intramolecular Hbond substituents is 1. The number of aromatic hydroxyl groups is 1. The molecule has 4 N–H and O–H groups in total. The van der Waals surface area contributed by atoms with Crippen molar-refractivity contribution < 1.29 is 34.7 Å². The number of carbonyl (C=O) groups is 1. The first-order chi connectivity index (χ1) is 9.94. The minimum atomic E-state index is -1.72. The highest BCUT2D eigenvalue weighted by Crippen LogP contribution is 2.47. The van der Waals surface area contributed by atoms with Crippen LogP contribution in [-0.2, 0) is 14.3 Å². The van der Waals surface area contributed by atoms with Gasteiger partial charge >= 0.3 is 5.97 Å². The molecule has 2 fully saturated rings. The zero-order valence-corrected chi connectivity index (χ0v) is 11.0. The Balaban J connectivity index is 1.99. The summed E-state index contributed by atoms with van der Waals surface area (Å²) in [6.45, 7) is -0.250. The third-order valence-electron chi connectivity index (χ3n) is 4.03. The average Bonchev–Trinajstić information content (AvgIpc) is 2.80. The van der Waals surface area contributed by atoms with E-state index in [-0.39, 0.29) is 18.8 Å². The second-order valence-corrected chi connectivity index (χ2v) is 5.36. The van der Waals surface area contributed by atoms with E-state index in [4.69, 9.17) is 9.47 Å². The van der Waals surface area contributed by atoms with E-state index in [1.807, 2.05) is 0 Å². The molecule has 2 saturated heterocycles. The summed E-state index contributed by atoms with van der Waals surface area (Å²) in [6.07, 6.45) is -4.30. The summed E-state index contributed by atoms with van der Waals surface area (Å²) in [5.41, 5.74) is 0.626. The lowest BCUT2D eigenvalue weighted by Gasteiger charge is -2.44. The Morgan fingerprint density at radius 2 is 1.81 bits per heavy atom. The van der Waals surface area contributed by atoms with Gasteiger partial charge in [-0.2, -0.15) is 0 Å². The van der Waals surface area contributed by atoms with Gasteiger partial charge in [0.2, 0.25) is 5.79 Å². The van der Waals surface area contributed by atoms with Crippen LogP contribution >= 0.6 is 0 Å². The van der Waals surface area contributed by atoms with Crippen LogP contribution < -0.4 is 0 Å². The molecule has 7 heteroatoms. The van der Waals surface area contributed by atoms with E-state index >= 15 is 0 Å². The van der Waals surface area contributed by atoms with E-state index in [1.54, 1.807) is 12.1 Å². The van der Waals surface area contributed by atoms with Gasteiger partial charge in [-0.15, -0.1) is 0 Å². The maximum absolute atomic E-state index is 11.7. The molecule has 5 atom stereocenters. The van der Waals surface area contributed by atoms with Gasteiger partial charge in [0.1, 0.15) is 24.1 Å². The summed E-state index contributed by atoms with van der Waals surface area (Å²) in [4.78, 5) is 11.7. The van der Waals surface area contributed by atoms with E-state index < -0.39 is 36.0 Å². The molecule has 0 aliphatic carbocycles. The Kier molecular flexibility index (Phi) is 3.37. The highest BCUT2D eigenvalue weighted by atomic mass is 16.7.